The first-order valence-electron chi connectivity index (χ1n) is 9.34. The number of hydrogen-bond acceptors (Lipinski definition) is 5. The van der Waals surface area contributed by atoms with Gasteiger partial charge in [0.2, 0.25) is 0 Å². The summed E-state index contributed by atoms with van der Waals surface area (Å²) >= 11 is 0. The lowest BCUT2D eigenvalue weighted by Gasteiger charge is -2.14. The normalized spacial score (nSPS) is 10.3. The van der Waals surface area contributed by atoms with Gasteiger partial charge in [-0.1, -0.05) is 30.3 Å². The molecule has 3 rings (SSSR count). The Morgan fingerprint density at radius 2 is 1.70 bits per heavy atom. The van der Waals surface area contributed by atoms with Crippen LogP contribution in [0.25, 0.3) is 0 Å². The van der Waals surface area contributed by atoms with Crippen LogP contribution in [0.5, 0.6) is 5.75 Å². The summed E-state index contributed by atoms with van der Waals surface area (Å²) in [4.78, 5) is 38.5. The van der Waals surface area contributed by atoms with Crippen molar-refractivity contribution in [2.24, 2.45) is 0 Å². The molecule has 0 bridgehead atoms. The molecule has 30 heavy (non-hydrogen) atoms. The fraction of sp³-hybridized carbons (Fsp3) is 0.182. The number of para-hydroxylation sites is 2. The molecule has 1 N–H and O–H groups in total. The number of rotatable bonds is 7. The molecule has 3 aromatic rings. The molecule has 0 saturated heterocycles. The van der Waals surface area contributed by atoms with Gasteiger partial charge < -0.3 is 15.0 Å². The predicted octanol–water partition coefficient (Wildman–Crippen LogP) is 2.28. The Morgan fingerprint density at radius 3 is 2.43 bits per heavy atom. The summed E-state index contributed by atoms with van der Waals surface area (Å²) in [5.41, 5.74) is 0.446. The van der Waals surface area contributed by atoms with E-state index in [1.807, 2.05) is 30.3 Å². The van der Waals surface area contributed by atoms with Crippen molar-refractivity contribution in [3.63, 3.8) is 0 Å². The first-order chi connectivity index (χ1) is 14.5. The topological polar surface area (TPSA) is 93.5 Å². The lowest BCUT2D eigenvalue weighted by molar-refractivity contribution is 0.0828. The predicted molar refractivity (Wildman–Crippen MR) is 113 cm³/mol. The van der Waals surface area contributed by atoms with Crippen LogP contribution in [-0.2, 0) is 6.54 Å². The molecular weight excluding hydrogens is 384 g/mol. The number of nitrogens with one attached hydrogen (secondary N) is 1. The minimum atomic E-state index is -0.522. The summed E-state index contributed by atoms with van der Waals surface area (Å²) in [6, 6.07) is 18.5. The maximum atomic E-state index is 12.7. The zero-order chi connectivity index (χ0) is 21.5. The lowest BCUT2D eigenvalue weighted by atomic mass is 10.1. The van der Waals surface area contributed by atoms with Gasteiger partial charge >= 0.3 is 0 Å². The van der Waals surface area contributed by atoms with Gasteiger partial charge in [0.25, 0.3) is 17.4 Å². The number of carbonyl (C=O) groups is 2. The number of amides is 2. The third-order valence-corrected chi connectivity index (χ3v) is 4.23. The number of nitrogens with zero attached hydrogens (tertiary/aromatic N) is 3. The summed E-state index contributed by atoms with van der Waals surface area (Å²) in [7, 11) is 3.27. The molecule has 0 aliphatic rings. The van der Waals surface area contributed by atoms with Gasteiger partial charge in [-0.3, -0.25) is 14.4 Å². The molecule has 0 saturated carbocycles. The van der Waals surface area contributed by atoms with Crippen molar-refractivity contribution in [1.29, 1.82) is 0 Å². The lowest BCUT2D eigenvalue weighted by Crippen LogP contribution is -2.28. The third kappa shape index (κ3) is 5.11. The summed E-state index contributed by atoms with van der Waals surface area (Å²) < 4.78 is 6.76. The van der Waals surface area contributed by atoms with Crippen LogP contribution in [0.15, 0.2) is 71.5 Å². The van der Waals surface area contributed by atoms with Crippen molar-refractivity contribution < 1.29 is 14.3 Å². The maximum absolute atomic E-state index is 12.7. The van der Waals surface area contributed by atoms with Gasteiger partial charge in [0, 0.05) is 20.2 Å². The number of anilines is 1. The molecule has 1 heterocycles. The van der Waals surface area contributed by atoms with Crippen LogP contribution in [-0.4, -0.2) is 47.2 Å². The molecule has 154 valence electrons. The van der Waals surface area contributed by atoms with Crippen molar-refractivity contribution in [3.8, 4) is 5.75 Å². The fourth-order valence-corrected chi connectivity index (χ4v) is 2.70. The summed E-state index contributed by atoms with van der Waals surface area (Å²) in [5.74, 6) is -0.0739. The highest BCUT2D eigenvalue weighted by Gasteiger charge is 2.16. The van der Waals surface area contributed by atoms with E-state index in [-0.39, 0.29) is 30.3 Å². The Bertz CT molecular complexity index is 1090. The third-order valence-electron chi connectivity index (χ3n) is 4.23. The van der Waals surface area contributed by atoms with E-state index in [2.05, 4.69) is 10.4 Å². The Kier molecular flexibility index (Phi) is 6.59. The smallest absolute Gasteiger partial charge is 0.276 e. The Labute approximate surface area is 173 Å². The van der Waals surface area contributed by atoms with E-state index in [1.165, 1.54) is 21.7 Å². The molecule has 8 heteroatoms. The summed E-state index contributed by atoms with van der Waals surface area (Å²) in [5, 5.41) is 6.82. The SMILES string of the molecule is CN(C)C(=O)c1ccccc1NC(=O)c1ccc(=O)n(CCOc2ccccc2)n1. The molecule has 0 atom stereocenters. The number of carbonyl (C=O) groups excluding carboxylic acids is 2. The zero-order valence-corrected chi connectivity index (χ0v) is 16.7. The number of ether oxygens (including phenoxy) is 1. The molecule has 0 unspecified atom stereocenters. The molecule has 0 aliphatic carbocycles. The Hall–Kier alpha value is -3.94. The quantitative estimate of drug-likeness (QED) is 0.650. The van der Waals surface area contributed by atoms with Crippen LogP contribution in [0.2, 0.25) is 0 Å². The average Bonchev–Trinajstić information content (AvgIpc) is 2.75. The summed E-state index contributed by atoms with van der Waals surface area (Å²) in [6.07, 6.45) is 0. The minimum Gasteiger partial charge on any atom is -0.492 e. The van der Waals surface area contributed by atoms with Gasteiger partial charge in [0.15, 0.2) is 0 Å². The van der Waals surface area contributed by atoms with E-state index >= 15 is 0 Å². The van der Waals surface area contributed by atoms with E-state index in [9.17, 15) is 14.4 Å². The molecule has 8 nitrogen and oxygen atoms in total. The highest BCUT2D eigenvalue weighted by Crippen LogP contribution is 2.17. The molecular formula is C22H22N4O4. The van der Waals surface area contributed by atoms with E-state index < -0.39 is 5.91 Å². The van der Waals surface area contributed by atoms with E-state index in [0.717, 1.165) is 0 Å². The zero-order valence-electron chi connectivity index (χ0n) is 16.7. The molecule has 0 aliphatic heterocycles. The molecule has 1 aromatic heterocycles. The van der Waals surface area contributed by atoms with Gasteiger partial charge in [-0.25, -0.2) is 4.68 Å². The second-order valence-electron chi connectivity index (χ2n) is 6.64. The number of benzene rings is 2. The monoisotopic (exact) mass is 406 g/mol. The number of hydrogen-bond donors (Lipinski definition) is 1. The largest absolute Gasteiger partial charge is 0.492 e. The molecule has 0 radical (unpaired) electrons. The molecule has 0 fully saturated rings. The molecule has 2 amide bonds. The highest BCUT2D eigenvalue weighted by atomic mass is 16.5. The van der Waals surface area contributed by atoms with Crippen molar-refractivity contribution in [3.05, 3.63) is 88.3 Å². The molecule has 0 spiro atoms. The second-order valence-corrected chi connectivity index (χ2v) is 6.64. The van der Waals surface area contributed by atoms with Crippen LogP contribution in [0.1, 0.15) is 20.8 Å². The van der Waals surface area contributed by atoms with E-state index in [1.54, 1.807) is 38.4 Å². The second kappa shape index (κ2) is 9.51. The standard InChI is InChI=1S/C22H22N4O4/c1-25(2)22(29)17-10-6-7-11-18(17)23-21(28)19-12-13-20(27)26(24-19)14-15-30-16-8-4-3-5-9-16/h3-13H,14-15H2,1-2H3,(H,23,28). The Balaban J connectivity index is 1.72. The summed E-state index contributed by atoms with van der Waals surface area (Å²) in [6.45, 7) is 0.409. The van der Waals surface area contributed by atoms with E-state index in [4.69, 9.17) is 4.74 Å². The maximum Gasteiger partial charge on any atom is 0.276 e. The average molecular weight is 406 g/mol. The minimum absolute atomic E-state index is 0.0569. The van der Waals surface area contributed by atoms with Gasteiger partial charge in [-0.2, -0.15) is 5.10 Å². The van der Waals surface area contributed by atoms with Crippen molar-refractivity contribution in [2.75, 3.05) is 26.0 Å². The van der Waals surface area contributed by atoms with Crippen molar-refractivity contribution >= 4 is 17.5 Å². The van der Waals surface area contributed by atoms with Crippen LogP contribution in [0, 0.1) is 0 Å². The van der Waals surface area contributed by atoms with Crippen molar-refractivity contribution in [1.82, 2.24) is 14.7 Å². The van der Waals surface area contributed by atoms with Crippen LogP contribution in [0.3, 0.4) is 0 Å². The number of aromatic nitrogens is 2. The van der Waals surface area contributed by atoms with Crippen LogP contribution in [0.4, 0.5) is 5.69 Å². The van der Waals surface area contributed by atoms with Gasteiger partial charge in [0.1, 0.15) is 18.1 Å². The highest BCUT2D eigenvalue weighted by molar-refractivity contribution is 6.08. The van der Waals surface area contributed by atoms with Gasteiger partial charge in [0.05, 0.1) is 17.8 Å². The Morgan fingerprint density at radius 1 is 1.00 bits per heavy atom. The van der Waals surface area contributed by atoms with Gasteiger partial charge in [-0.05, 0) is 30.3 Å². The van der Waals surface area contributed by atoms with Gasteiger partial charge in [-0.15, -0.1) is 0 Å². The van der Waals surface area contributed by atoms with Crippen LogP contribution < -0.4 is 15.6 Å². The van der Waals surface area contributed by atoms with E-state index in [0.29, 0.717) is 17.0 Å². The van der Waals surface area contributed by atoms with Crippen molar-refractivity contribution in [2.45, 2.75) is 6.54 Å². The fourth-order valence-electron chi connectivity index (χ4n) is 2.70. The first-order valence-corrected chi connectivity index (χ1v) is 9.34. The molecule has 2 aromatic carbocycles. The van der Waals surface area contributed by atoms with Crippen LogP contribution >= 0.6 is 0 Å². The first kappa shape index (κ1) is 20.8.